The van der Waals surface area contributed by atoms with Crippen LogP contribution in [-0.4, -0.2) is 71.0 Å². The first-order chi connectivity index (χ1) is 7.36. The number of methoxy groups -OCH3 is 2. The van der Waals surface area contributed by atoms with E-state index < -0.39 is 36.4 Å². The van der Waals surface area contributed by atoms with Crippen LogP contribution in [0.2, 0.25) is 0 Å². The highest BCUT2D eigenvalue weighted by Gasteiger charge is 2.40. The van der Waals surface area contributed by atoms with Crippen molar-refractivity contribution in [1.29, 1.82) is 0 Å². The Hall–Kier alpha value is -1.22. The minimum Gasteiger partial charge on any atom is -0.479 e. The zero-order chi connectivity index (χ0) is 12.9. The first kappa shape index (κ1) is 14.8. The number of ether oxygens (including phenoxy) is 2. The van der Waals surface area contributed by atoms with Gasteiger partial charge in [-0.3, -0.25) is 0 Å². The maximum absolute atomic E-state index is 10.7. The van der Waals surface area contributed by atoms with Crippen molar-refractivity contribution in [2.24, 2.45) is 0 Å². The molecule has 0 bridgehead atoms. The Bertz CT molecular complexity index is 252. The Kier molecular flexibility index (Phi) is 5.89. The third-order valence-electron chi connectivity index (χ3n) is 1.98. The summed E-state index contributed by atoms with van der Waals surface area (Å²) >= 11 is 0. The lowest BCUT2D eigenvalue weighted by Gasteiger charge is -2.27. The summed E-state index contributed by atoms with van der Waals surface area (Å²) < 4.78 is 9.15. The number of hydrogen-bond acceptors (Lipinski definition) is 6. The van der Waals surface area contributed by atoms with E-state index in [2.05, 4.69) is 9.47 Å². The molecule has 0 saturated carbocycles. The lowest BCUT2D eigenvalue weighted by atomic mass is 10.0. The van der Waals surface area contributed by atoms with E-state index in [0.717, 1.165) is 14.2 Å². The number of aliphatic carboxylic acids is 2. The molecule has 16 heavy (non-hydrogen) atoms. The van der Waals surface area contributed by atoms with Crippen LogP contribution in [0.1, 0.15) is 0 Å². The Balaban J connectivity index is 4.83. The third-order valence-corrected chi connectivity index (χ3v) is 1.98. The summed E-state index contributed by atoms with van der Waals surface area (Å²) in [4.78, 5) is 21.1. The summed E-state index contributed by atoms with van der Waals surface area (Å²) in [5.74, 6) is -3.12. The molecule has 0 aromatic heterocycles. The predicted octanol–water partition coefficient (Wildman–Crippen LogP) is -2.09. The molecule has 0 amide bonds. The molecule has 0 saturated heterocycles. The fourth-order valence-corrected chi connectivity index (χ4v) is 1.14. The fourth-order valence-electron chi connectivity index (χ4n) is 1.14. The molecule has 0 fully saturated rings. The Morgan fingerprint density at radius 1 is 1.00 bits per heavy atom. The summed E-state index contributed by atoms with van der Waals surface area (Å²) in [7, 11) is 2.13. The van der Waals surface area contributed by atoms with Crippen molar-refractivity contribution in [2.75, 3.05) is 14.2 Å². The number of carbonyl (C=O) groups is 2. The van der Waals surface area contributed by atoms with Gasteiger partial charge in [0, 0.05) is 14.2 Å². The van der Waals surface area contributed by atoms with Crippen molar-refractivity contribution < 1.29 is 39.5 Å². The molecule has 4 atom stereocenters. The van der Waals surface area contributed by atoms with Crippen molar-refractivity contribution in [3.05, 3.63) is 0 Å². The fraction of sp³-hybridized carbons (Fsp3) is 0.750. The monoisotopic (exact) mass is 238 g/mol. The van der Waals surface area contributed by atoms with Gasteiger partial charge in [-0.15, -0.1) is 0 Å². The minimum atomic E-state index is -2.15. The summed E-state index contributed by atoms with van der Waals surface area (Å²) in [5, 5.41) is 35.6. The van der Waals surface area contributed by atoms with Gasteiger partial charge < -0.3 is 29.9 Å². The van der Waals surface area contributed by atoms with E-state index in [9.17, 15) is 14.7 Å². The van der Waals surface area contributed by atoms with E-state index in [-0.39, 0.29) is 0 Å². The molecule has 0 rings (SSSR count). The van der Waals surface area contributed by atoms with Crippen molar-refractivity contribution in [2.45, 2.75) is 24.4 Å². The zero-order valence-corrected chi connectivity index (χ0v) is 8.73. The minimum absolute atomic E-state index is 1.06. The molecular formula is C8H14O8. The summed E-state index contributed by atoms with van der Waals surface area (Å²) in [6, 6.07) is 0. The molecule has 8 nitrogen and oxygen atoms in total. The summed E-state index contributed by atoms with van der Waals surface area (Å²) in [5.41, 5.74) is 0. The third kappa shape index (κ3) is 3.42. The number of hydrogen-bond donors (Lipinski definition) is 4. The van der Waals surface area contributed by atoms with Gasteiger partial charge in [-0.1, -0.05) is 0 Å². The molecule has 94 valence electrons. The van der Waals surface area contributed by atoms with Crippen LogP contribution in [-0.2, 0) is 19.1 Å². The second-order valence-corrected chi connectivity index (χ2v) is 2.97. The van der Waals surface area contributed by atoms with E-state index in [4.69, 9.17) is 15.3 Å². The second-order valence-electron chi connectivity index (χ2n) is 2.97. The van der Waals surface area contributed by atoms with Crippen LogP contribution in [0, 0.1) is 0 Å². The molecule has 0 aliphatic carbocycles. The molecule has 0 radical (unpaired) electrons. The molecule has 0 aliphatic rings. The number of aliphatic hydroxyl groups excluding tert-OH is 2. The highest BCUT2D eigenvalue weighted by molar-refractivity contribution is 5.75. The average Bonchev–Trinajstić information content (AvgIpc) is 2.22. The Morgan fingerprint density at radius 2 is 1.50 bits per heavy atom. The van der Waals surface area contributed by atoms with E-state index in [1.54, 1.807) is 0 Å². The molecule has 8 heteroatoms. The van der Waals surface area contributed by atoms with Gasteiger partial charge in [-0.2, -0.15) is 0 Å². The maximum atomic E-state index is 10.7. The molecule has 0 unspecified atom stereocenters. The largest absolute Gasteiger partial charge is 0.479 e. The normalized spacial score (nSPS) is 18.5. The van der Waals surface area contributed by atoms with Crippen LogP contribution in [0.3, 0.4) is 0 Å². The quantitative estimate of drug-likeness (QED) is 0.396. The number of aliphatic hydroxyl groups is 2. The predicted molar refractivity (Wildman–Crippen MR) is 48.9 cm³/mol. The van der Waals surface area contributed by atoms with Gasteiger partial charge in [0.25, 0.3) is 0 Å². The van der Waals surface area contributed by atoms with Crippen molar-refractivity contribution in [3.63, 3.8) is 0 Å². The highest BCUT2D eigenvalue weighted by atomic mass is 16.6. The molecule has 0 aromatic rings. The first-order valence-electron chi connectivity index (χ1n) is 4.24. The molecule has 0 aliphatic heterocycles. The Morgan fingerprint density at radius 3 is 1.75 bits per heavy atom. The van der Waals surface area contributed by atoms with E-state index in [0.29, 0.717) is 0 Å². The van der Waals surface area contributed by atoms with Gasteiger partial charge in [0.05, 0.1) is 0 Å². The van der Waals surface area contributed by atoms with Gasteiger partial charge in [-0.25, -0.2) is 9.59 Å². The average molecular weight is 238 g/mol. The van der Waals surface area contributed by atoms with Crippen LogP contribution in [0.15, 0.2) is 0 Å². The van der Waals surface area contributed by atoms with Crippen LogP contribution in [0.5, 0.6) is 0 Å². The van der Waals surface area contributed by atoms with Gasteiger partial charge in [0.2, 0.25) is 0 Å². The number of carboxylic acid groups (broad SMARTS) is 2. The Labute approximate surface area is 91.0 Å². The summed E-state index contributed by atoms with van der Waals surface area (Å²) in [6.07, 6.45) is -7.13. The number of rotatable bonds is 7. The van der Waals surface area contributed by atoms with E-state index >= 15 is 0 Å². The SMILES string of the molecule is CO[C@@H]([C@@H](O)[C@H](O)C(=O)O)[C@@H](OC)C(=O)O. The maximum Gasteiger partial charge on any atom is 0.335 e. The van der Waals surface area contributed by atoms with E-state index in [1.807, 2.05) is 0 Å². The van der Waals surface area contributed by atoms with E-state index in [1.165, 1.54) is 0 Å². The van der Waals surface area contributed by atoms with Crippen LogP contribution >= 0.6 is 0 Å². The zero-order valence-electron chi connectivity index (χ0n) is 8.73. The van der Waals surface area contributed by atoms with Gasteiger partial charge in [0.1, 0.15) is 12.2 Å². The van der Waals surface area contributed by atoms with Gasteiger partial charge >= 0.3 is 11.9 Å². The summed E-state index contributed by atoms with van der Waals surface area (Å²) in [6.45, 7) is 0. The lowest BCUT2D eigenvalue weighted by molar-refractivity contribution is -0.179. The van der Waals surface area contributed by atoms with Gasteiger partial charge in [0.15, 0.2) is 12.2 Å². The first-order valence-corrected chi connectivity index (χ1v) is 4.24. The lowest BCUT2D eigenvalue weighted by Crippen LogP contribution is -2.51. The highest BCUT2D eigenvalue weighted by Crippen LogP contribution is 2.11. The van der Waals surface area contributed by atoms with Crippen molar-refractivity contribution >= 4 is 11.9 Å². The molecular weight excluding hydrogens is 224 g/mol. The topological polar surface area (TPSA) is 134 Å². The smallest absolute Gasteiger partial charge is 0.335 e. The van der Waals surface area contributed by atoms with Crippen LogP contribution in [0.4, 0.5) is 0 Å². The second kappa shape index (κ2) is 6.38. The van der Waals surface area contributed by atoms with Crippen molar-refractivity contribution in [3.8, 4) is 0 Å². The van der Waals surface area contributed by atoms with Crippen LogP contribution < -0.4 is 0 Å². The molecule has 0 spiro atoms. The van der Waals surface area contributed by atoms with Crippen LogP contribution in [0.25, 0.3) is 0 Å². The van der Waals surface area contributed by atoms with Gasteiger partial charge in [-0.05, 0) is 0 Å². The molecule has 0 aromatic carbocycles. The number of carboxylic acids is 2. The standard InChI is InChI=1S/C8H14O8/c1-15-5(6(16-2)8(13)14)3(9)4(10)7(11)12/h3-6,9-10H,1-2H3,(H,11,12)(H,13,14)/t3-,4-,5-,6+/m0/s1. The molecule has 0 heterocycles. The molecule has 4 N–H and O–H groups in total. The van der Waals surface area contributed by atoms with Crippen molar-refractivity contribution in [1.82, 2.24) is 0 Å².